The molecule has 0 aromatic heterocycles. The number of carbonyl (C=O) groups excluding carboxylic acids is 3. The Hall–Kier alpha value is -3.20. The predicted molar refractivity (Wildman–Crippen MR) is 136 cm³/mol. The molecule has 35 heavy (non-hydrogen) atoms. The SMILES string of the molecule is COc1ccccc1N1CCN(C(=O)C2CCN(C(=O)[C@@H]3Sc4ccccc4NC3=O)CC2)CC1. The standard InChI is InChI=1S/C26H30N4O4S/c1-34-21-8-4-3-7-20(21)28-14-16-30(17-15-28)25(32)18-10-12-29(13-11-18)26(33)23-24(31)27-19-6-2-5-9-22(19)35-23/h2-9,18,23H,10-17H2,1H3,(H,27,31)/t23-/m1/s1. The Kier molecular flexibility index (Phi) is 6.86. The van der Waals surface area contributed by atoms with E-state index in [0.29, 0.717) is 39.0 Å². The van der Waals surface area contributed by atoms with Crippen molar-refractivity contribution in [2.75, 3.05) is 56.6 Å². The second kappa shape index (κ2) is 10.2. The van der Waals surface area contributed by atoms with Crippen LogP contribution in [0.3, 0.4) is 0 Å². The highest BCUT2D eigenvalue weighted by Gasteiger charge is 2.38. The molecule has 0 radical (unpaired) electrons. The first-order chi connectivity index (χ1) is 17.0. The van der Waals surface area contributed by atoms with Crippen LogP contribution in [0.25, 0.3) is 0 Å². The Bertz CT molecular complexity index is 1110. The van der Waals surface area contributed by atoms with E-state index >= 15 is 0 Å². The van der Waals surface area contributed by atoms with Crippen molar-refractivity contribution >= 4 is 40.9 Å². The fourth-order valence-corrected chi connectivity index (χ4v) is 6.12. The lowest BCUT2D eigenvalue weighted by Crippen LogP contribution is -2.53. The first-order valence-corrected chi connectivity index (χ1v) is 12.9. The van der Waals surface area contributed by atoms with Crippen LogP contribution >= 0.6 is 11.8 Å². The van der Waals surface area contributed by atoms with Crippen LogP contribution in [0, 0.1) is 5.92 Å². The maximum atomic E-state index is 13.2. The predicted octanol–water partition coefficient (Wildman–Crippen LogP) is 2.70. The maximum Gasteiger partial charge on any atom is 0.247 e. The number of piperazine rings is 1. The van der Waals surface area contributed by atoms with Gasteiger partial charge in [-0.1, -0.05) is 24.3 Å². The van der Waals surface area contributed by atoms with Crippen molar-refractivity contribution in [3.05, 3.63) is 48.5 Å². The third kappa shape index (κ3) is 4.82. The van der Waals surface area contributed by atoms with Crippen LogP contribution < -0.4 is 15.0 Å². The number of nitrogens with one attached hydrogen (secondary N) is 1. The molecular weight excluding hydrogens is 464 g/mol. The Labute approximate surface area is 209 Å². The molecule has 0 bridgehead atoms. The van der Waals surface area contributed by atoms with Gasteiger partial charge in [0.25, 0.3) is 0 Å². The molecule has 9 heteroatoms. The first-order valence-electron chi connectivity index (χ1n) is 12.1. The maximum absolute atomic E-state index is 13.2. The molecule has 1 atom stereocenters. The number of piperidine rings is 1. The molecule has 1 N–H and O–H groups in total. The van der Waals surface area contributed by atoms with Gasteiger partial charge in [-0.3, -0.25) is 14.4 Å². The molecule has 3 amide bonds. The second-order valence-corrected chi connectivity index (χ2v) is 10.2. The molecular formula is C26H30N4O4S. The fraction of sp³-hybridized carbons (Fsp3) is 0.423. The van der Waals surface area contributed by atoms with E-state index in [1.54, 1.807) is 12.0 Å². The zero-order chi connectivity index (χ0) is 24.4. The number of benzene rings is 2. The average Bonchev–Trinajstić information content (AvgIpc) is 2.92. The number of methoxy groups -OCH3 is 1. The van der Waals surface area contributed by atoms with Gasteiger partial charge in [0.15, 0.2) is 5.25 Å². The monoisotopic (exact) mass is 494 g/mol. The number of amides is 3. The van der Waals surface area contributed by atoms with Gasteiger partial charge in [-0.2, -0.15) is 0 Å². The summed E-state index contributed by atoms with van der Waals surface area (Å²) in [6.45, 7) is 3.88. The summed E-state index contributed by atoms with van der Waals surface area (Å²) in [7, 11) is 1.67. The van der Waals surface area contributed by atoms with Crippen molar-refractivity contribution < 1.29 is 19.1 Å². The summed E-state index contributed by atoms with van der Waals surface area (Å²) in [5, 5.41) is 2.07. The molecule has 2 aromatic rings. The normalized spacial score (nSPS) is 20.8. The lowest BCUT2D eigenvalue weighted by molar-refractivity contribution is -0.141. The summed E-state index contributed by atoms with van der Waals surface area (Å²) < 4.78 is 5.48. The molecule has 2 saturated heterocycles. The van der Waals surface area contributed by atoms with Crippen molar-refractivity contribution in [3.63, 3.8) is 0 Å². The van der Waals surface area contributed by atoms with Crippen molar-refractivity contribution in [2.45, 2.75) is 23.0 Å². The molecule has 0 unspecified atom stereocenters. The Balaban J connectivity index is 1.13. The van der Waals surface area contributed by atoms with Gasteiger partial charge >= 0.3 is 0 Å². The van der Waals surface area contributed by atoms with E-state index in [0.717, 1.165) is 35.1 Å². The van der Waals surface area contributed by atoms with Crippen LogP contribution in [0.1, 0.15) is 12.8 Å². The number of hydrogen-bond donors (Lipinski definition) is 1. The Morgan fingerprint density at radius 1 is 0.886 bits per heavy atom. The van der Waals surface area contributed by atoms with Gasteiger partial charge < -0.3 is 24.8 Å². The van der Waals surface area contributed by atoms with Crippen LogP contribution in [0.2, 0.25) is 0 Å². The molecule has 8 nitrogen and oxygen atoms in total. The number of fused-ring (bicyclic) bond motifs is 1. The van der Waals surface area contributed by atoms with Crippen molar-refractivity contribution in [2.24, 2.45) is 5.92 Å². The quantitative estimate of drug-likeness (QED) is 0.659. The van der Waals surface area contributed by atoms with E-state index in [9.17, 15) is 14.4 Å². The van der Waals surface area contributed by atoms with Gasteiger partial charge in [0.05, 0.1) is 18.5 Å². The van der Waals surface area contributed by atoms with E-state index in [2.05, 4.69) is 10.2 Å². The van der Waals surface area contributed by atoms with Crippen LogP contribution in [-0.4, -0.2) is 79.1 Å². The first kappa shape index (κ1) is 23.5. The molecule has 3 aliphatic rings. The van der Waals surface area contributed by atoms with E-state index in [-0.39, 0.29) is 23.6 Å². The zero-order valence-electron chi connectivity index (χ0n) is 19.8. The number of rotatable bonds is 4. The van der Waals surface area contributed by atoms with Gasteiger partial charge in [0.2, 0.25) is 17.7 Å². The van der Waals surface area contributed by atoms with E-state index in [1.165, 1.54) is 11.8 Å². The highest BCUT2D eigenvalue weighted by Crippen LogP contribution is 2.36. The molecule has 5 rings (SSSR count). The van der Waals surface area contributed by atoms with E-state index in [1.807, 2.05) is 53.4 Å². The van der Waals surface area contributed by atoms with E-state index in [4.69, 9.17) is 4.74 Å². The minimum atomic E-state index is -0.778. The largest absolute Gasteiger partial charge is 0.495 e. The molecule has 3 aliphatic heterocycles. The van der Waals surface area contributed by atoms with Crippen molar-refractivity contribution in [1.29, 1.82) is 0 Å². The second-order valence-electron chi connectivity index (χ2n) is 9.07. The summed E-state index contributed by atoms with van der Waals surface area (Å²) in [6.07, 6.45) is 1.26. The van der Waals surface area contributed by atoms with Gasteiger partial charge in [0.1, 0.15) is 5.75 Å². The van der Waals surface area contributed by atoms with E-state index < -0.39 is 5.25 Å². The van der Waals surface area contributed by atoms with Crippen LogP contribution in [0.4, 0.5) is 11.4 Å². The summed E-state index contributed by atoms with van der Waals surface area (Å²) in [5.41, 5.74) is 1.81. The van der Waals surface area contributed by atoms with Gasteiger partial charge in [-0.25, -0.2) is 0 Å². The zero-order valence-corrected chi connectivity index (χ0v) is 20.6. The molecule has 3 heterocycles. The highest BCUT2D eigenvalue weighted by molar-refractivity contribution is 8.01. The molecule has 0 aliphatic carbocycles. The topological polar surface area (TPSA) is 82.2 Å². The molecule has 2 aromatic carbocycles. The summed E-state index contributed by atoms with van der Waals surface area (Å²) in [4.78, 5) is 45.7. The number of thioether (sulfide) groups is 1. The Morgan fingerprint density at radius 3 is 2.29 bits per heavy atom. The summed E-state index contributed by atoms with van der Waals surface area (Å²) in [5.74, 6) is 0.502. The minimum absolute atomic E-state index is 0.0783. The number of nitrogens with zero attached hydrogens (tertiary/aromatic N) is 3. The lowest BCUT2D eigenvalue weighted by atomic mass is 9.94. The van der Waals surface area contributed by atoms with Gasteiger partial charge in [0, 0.05) is 50.1 Å². The molecule has 184 valence electrons. The lowest BCUT2D eigenvalue weighted by Gasteiger charge is -2.40. The van der Waals surface area contributed by atoms with Crippen LogP contribution in [-0.2, 0) is 14.4 Å². The highest BCUT2D eigenvalue weighted by atomic mass is 32.2. The Morgan fingerprint density at radius 2 is 1.54 bits per heavy atom. The molecule has 2 fully saturated rings. The average molecular weight is 495 g/mol. The summed E-state index contributed by atoms with van der Waals surface area (Å²) in [6, 6.07) is 15.5. The summed E-state index contributed by atoms with van der Waals surface area (Å²) >= 11 is 1.31. The smallest absolute Gasteiger partial charge is 0.247 e. The van der Waals surface area contributed by atoms with Crippen molar-refractivity contribution in [1.82, 2.24) is 9.80 Å². The number of ether oxygens (including phenoxy) is 1. The van der Waals surface area contributed by atoms with Gasteiger partial charge in [-0.15, -0.1) is 11.8 Å². The van der Waals surface area contributed by atoms with Crippen LogP contribution in [0.15, 0.2) is 53.4 Å². The third-order valence-electron chi connectivity index (χ3n) is 7.03. The minimum Gasteiger partial charge on any atom is -0.495 e. The van der Waals surface area contributed by atoms with Crippen LogP contribution in [0.5, 0.6) is 5.75 Å². The molecule has 0 spiro atoms. The third-order valence-corrected chi connectivity index (χ3v) is 8.29. The fourth-order valence-electron chi connectivity index (χ4n) is 5.04. The number of carbonyl (C=O) groups is 3. The number of likely N-dealkylation sites (tertiary alicyclic amines) is 1. The van der Waals surface area contributed by atoms with Crippen molar-refractivity contribution in [3.8, 4) is 5.75 Å². The molecule has 0 saturated carbocycles. The number of para-hydroxylation sites is 3. The number of anilines is 2. The number of hydrogen-bond acceptors (Lipinski definition) is 6. The van der Waals surface area contributed by atoms with Gasteiger partial charge in [-0.05, 0) is 37.1 Å².